The number of carboxylic acids is 2. The quantitative estimate of drug-likeness (QED) is 0.581. The van der Waals surface area contributed by atoms with Crippen LogP contribution in [0.1, 0.15) is 51.9 Å². The molecular weight excluding hydrogens is 196 g/mol. The van der Waals surface area contributed by atoms with Crippen LogP contribution in [0.5, 0.6) is 0 Å². The highest BCUT2D eigenvalue weighted by atomic mass is 16.4. The van der Waals surface area contributed by atoms with Crippen molar-refractivity contribution in [1.82, 2.24) is 0 Å². The fraction of sp³-hybridized carbons (Fsp3) is 0.818. The summed E-state index contributed by atoms with van der Waals surface area (Å²) >= 11 is 0. The molecule has 0 aromatic rings. The van der Waals surface area contributed by atoms with Crippen LogP contribution in [0, 0.1) is 5.92 Å². The minimum absolute atomic E-state index is 0.236. The van der Waals surface area contributed by atoms with Crippen LogP contribution in [-0.4, -0.2) is 22.2 Å². The molecule has 0 saturated carbocycles. The van der Waals surface area contributed by atoms with Crippen LogP contribution in [0.3, 0.4) is 0 Å². The highest BCUT2D eigenvalue weighted by molar-refractivity contribution is 5.66. The van der Waals surface area contributed by atoms with Crippen LogP contribution >= 0.6 is 0 Å². The second-order valence-corrected chi connectivity index (χ2v) is 4.03. The normalized spacial score (nSPS) is 12.3. The van der Waals surface area contributed by atoms with E-state index in [2.05, 4.69) is 6.92 Å². The highest BCUT2D eigenvalue weighted by Gasteiger charge is 2.04. The summed E-state index contributed by atoms with van der Waals surface area (Å²) in [6.07, 6.45) is 4.74. The molecule has 0 saturated heterocycles. The number of hydrogen-bond donors (Lipinski definition) is 2. The molecular formula is C11H20O4. The molecule has 0 heterocycles. The summed E-state index contributed by atoms with van der Waals surface area (Å²) < 4.78 is 0. The maximum absolute atomic E-state index is 10.3. The van der Waals surface area contributed by atoms with Crippen molar-refractivity contribution in [2.75, 3.05) is 0 Å². The van der Waals surface area contributed by atoms with Crippen molar-refractivity contribution in [3.8, 4) is 0 Å². The first-order valence-corrected chi connectivity index (χ1v) is 5.46. The minimum atomic E-state index is -0.743. The summed E-state index contributed by atoms with van der Waals surface area (Å²) in [5, 5.41) is 16.9. The Bertz CT molecular complexity index is 201. The molecule has 15 heavy (non-hydrogen) atoms. The minimum Gasteiger partial charge on any atom is -0.481 e. The predicted molar refractivity (Wildman–Crippen MR) is 56.8 cm³/mol. The molecule has 0 aromatic carbocycles. The SMILES string of the molecule is CC(CCCCC(=O)O)CCCC(=O)O. The lowest BCUT2D eigenvalue weighted by atomic mass is 9.97. The molecule has 0 fully saturated rings. The number of hydrogen-bond acceptors (Lipinski definition) is 2. The molecule has 0 radical (unpaired) electrons. The molecule has 1 unspecified atom stereocenters. The van der Waals surface area contributed by atoms with Gasteiger partial charge >= 0.3 is 11.9 Å². The first-order valence-electron chi connectivity index (χ1n) is 5.46. The summed E-state index contributed by atoms with van der Waals surface area (Å²) in [5.41, 5.74) is 0. The maximum Gasteiger partial charge on any atom is 0.303 e. The Balaban J connectivity index is 3.29. The van der Waals surface area contributed by atoms with Gasteiger partial charge in [-0.25, -0.2) is 0 Å². The van der Waals surface area contributed by atoms with E-state index in [0.29, 0.717) is 5.92 Å². The van der Waals surface area contributed by atoms with Crippen LogP contribution < -0.4 is 0 Å². The van der Waals surface area contributed by atoms with Gasteiger partial charge < -0.3 is 10.2 Å². The summed E-state index contributed by atoms with van der Waals surface area (Å²) in [7, 11) is 0. The van der Waals surface area contributed by atoms with Gasteiger partial charge in [0, 0.05) is 12.8 Å². The second-order valence-electron chi connectivity index (χ2n) is 4.03. The van der Waals surface area contributed by atoms with Gasteiger partial charge in [-0.3, -0.25) is 9.59 Å². The molecule has 1 atom stereocenters. The third-order valence-electron chi connectivity index (χ3n) is 2.43. The Hall–Kier alpha value is -1.06. The monoisotopic (exact) mass is 216 g/mol. The van der Waals surface area contributed by atoms with Gasteiger partial charge in [0.05, 0.1) is 0 Å². The van der Waals surface area contributed by atoms with Crippen LogP contribution in [0.4, 0.5) is 0 Å². The van der Waals surface area contributed by atoms with E-state index < -0.39 is 11.9 Å². The molecule has 0 aliphatic carbocycles. The Morgan fingerprint density at radius 1 is 0.933 bits per heavy atom. The lowest BCUT2D eigenvalue weighted by Gasteiger charge is -2.09. The Morgan fingerprint density at radius 2 is 1.40 bits per heavy atom. The molecule has 0 aliphatic rings. The molecule has 0 aliphatic heterocycles. The Morgan fingerprint density at radius 3 is 1.93 bits per heavy atom. The number of carboxylic acid groups (broad SMARTS) is 2. The molecule has 0 aromatic heterocycles. The first-order chi connectivity index (χ1) is 7.02. The fourth-order valence-electron chi connectivity index (χ4n) is 1.52. The lowest BCUT2D eigenvalue weighted by molar-refractivity contribution is -0.138. The van der Waals surface area contributed by atoms with E-state index in [1.165, 1.54) is 0 Å². The van der Waals surface area contributed by atoms with Crippen molar-refractivity contribution in [2.45, 2.75) is 51.9 Å². The summed E-state index contributed by atoms with van der Waals surface area (Å²) in [5.74, 6) is -0.986. The average molecular weight is 216 g/mol. The standard InChI is InChI=1S/C11H20O4/c1-9(6-4-8-11(14)15)5-2-3-7-10(12)13/h9H,2-8H2,1H3,(H,12,13)(H,14,15). The van der Waals surface area contributed by atoms with E-state index in [4.69, 9.17) is 10.2 Å². The van der Waals surface area contributed by atoms with Gasteiger partial charge in [0.1, 0.15) is 0 Å². The molecule has 88 valence electrons. The average Bonchev–Trinajstić information content (AvgIpc) is 2.11. The number of rotatable bonds is 9. The molecule has 0 amide bonds. The highest BCUT2D eigenvalue weighted by Crippen LogP contribution is 2.15. The second kappa shape index (κ2) is 8.26. The van der Waals surface area contributed by atoms with Crippen molar-refractivity contribution >= 4 is 11.9 Å². The molecule has 4 heteroatoms. The number of carbonyl (C=O) groups is 2. The topological polar surface area (TPSA) is 74.6 Å². The Kier molecular flexibility index (Phi) is 7.68. The van der Waals surface area contributed by atoms with Gasteiger partial charge in [-0.15, -0.1) is 0 Å². The first kappa shape index (κ1) is 13.9. The molecule has 4 nitrogen and oxygen atoms in total. The third-order valence-corrected chi connectivity index (χ3v) is 2.43. The van der Waals surface area contributed by atoms with Crippen molar-refractivity contribution in [2.24, 2.45) is 5.92 Å². The van der Waals surface area contributed by atoms with Gasteiger partial charge in [-0.2, -0.15) is 0 Å². The lowest BCUT2D eigenvalue weighted by Crippen LogP contribution is -2.00. The van der Waals surface area contributed by atoms with Crippen LogP contribution in [0.2, 0.25) is 0 Å². The largest absolute Gasteiger partial charge is 0.481 e. The van der Waals surface area contributed by atoms with E-state index >= 15 is 0 Å². The van der Waals surface area contributed by atoms with Crippen molar-refractivity contribution < 1.29 is 19.8 Å². The van der Waals surface area contributed by atoms with Crippen LogP contribution in [0.15, 0.2) is 0 Å². The van der Waals surface area contributed by atoms with E-state index in [-0.39, 0.29) is 12.8 Å². The summed E-state index contributed by atoms with van der Waals surface area (Å²) in [6.45, 7) is 2.09. The van der Waals surface area contributed by atoms with Crippen LogP contribution in [-0.2, 0) is 9.59 Å². The van der Waals surface area contributed by atoms with Crippen molar-refractivity contribution in [3.05, 3.63) is 0 Å². The van der Waals surface area contributed by atoms with Crippen molar-refractivity contribution in [3.63, 3.8) is 0 Å². The third kappa shape index (κ3) is 10.9. The van der Waals surface area contributed by atoms with E-state index in [1.807, 2.05) is 0 Å². The Labute approximate surface area is 90.3 Å². The van der Waals surface area contributed by atoms with Crippen molar-refractivity contribution in [1.29, 1.82) is 0 Å². The van der Waals surface area contributed by atoms with E-state index in [0.717, 1.165) is 32.1 Å². The number of unbranched alkanes of at least 4 members (excludes halogenated alkanes) is 1. The van der Waals surface area contributed by atoms with Gasteiger partial charge in [0.2, 0.25) is 0 Å². The zero-order valence-corrected chi connectivity index (χ0v) is 9.24. The zero-order chi connectivity index (χ0) is 11.7. The van der Waals surface area contributed by atoms with Gasteiger partial charge in [-0.1, -0.05) is 26.2 Å². The molecule has 0 bridgehead atoms. The van der Waals surface area contributed by atoms with Crippen LogP contribution in [0.25, 0.3) is 0 Å². The fourth-order valence-corrected chi connectivity index (χ4v) is 1.52. The van der Waals surface area contributed by atoms with E-state index in [1.54, 1.807) is 0 Å². The van der Waals surface area contributed by atoms with E-state index in [9.17, 15) is 9.59 Å². The molecule has 0 spiro atoms. The summed E-state index contributed by atoms with van der Waals surface area (Å²) in [6, 6.07) is 0. The summed E-state index contributed by atoms with van der Waals surface area (Å²) in [4.78, 5) is 20.5. The smallest absolute Gasteiger partial charge is 0.303 e. The maximum atomic E-state index is 10.3. The van der Waals surface area contributed by atoms with Gasteiger partial charge in [-0.05, 0) is 18.8 Å². The predicted octanol–water partition coefficient (Wildman–Crippen LogP) is 2.52. The zero-order valence-electron chi connectivity index (χ0n) is 9.24. The molecule has 0 rings (SSSR count). The number of aliphatic carboxylic acids is 2. The molecule has 2 N–H and O–H groups in total. The van der Waals surface area contributed by atoms with Gasteiger partial charge in [0.25, 0.3) is 0 Å². The van der Waals surface area contributed by atoms with Gasteiger partial charge in [0.15, 0.2) is 0 Å².